The Labute approximate surface area is 102 Å². The van der Waals surface area contributed by atoms with Crippen molar-refractivity contribution in [3.05, 3.63) is 35.3 Å². The summed E-state index contributed by atoms with van der Waals surface area (Å²) in [6.45, 7) is 5.48. The van der Waals surface area contributed by atoms with Crippen LogP contribution in [0.4, 0.5) is 0 Å². The Morgan fingerprint density at radius 3 is 3.00 bits per heavy atom. The number of nitrogens with one attached hydrogen (secondary N) is 1. The highest BCUT2D eigenvalue weighted by Gasteiger charge is 2.18. The minimum Gasteiger partial charge on any atom is -0.314 e. The summed E-state index contributed by atoms with van der Waals surface area (Å²) >= 11 is 0. The number of hydrogen-bond donors (Lipinski definition) is 1. The standard InChI is InChI=1S/C14H19N3/c1-10-5-3-7-14-16-13(11(2)17(10)14)9-12-6-4-8-15-12/h3,5,7,12,15H,4,6,8-9H2,1-2H3. The van der Waals surface area contributed by atoms with Crippen molar-refractivity contribution >= 4 is 5.65 Å². The van der Waals surface area contributed by atoms with Crippen molar-refractivity contribution in [1.29, 1.82) is 0 Å². The van der Waals surface area contributed by atoms with Crippen LogP contribution in [0.2, 0.25) is 0 Å². The smallest absolute Gasteiger partial charge is 0.137 e. The number of aryl methyl sites for hydroxylation is 2. The summed E-state index contributed by atoms with van der Waals surface area (Å²) in [6.07, 6.45) is 3.65. The second-order valence-electron chi connectivity index (χ2n) is 5.00. The van der Waals surface area contributed by atoms with Gasteiger partial charge in [0, 0.05) is 23.9 Å². The Balaban J connectivity index is 1.99. The molecule has 1 atom stereocenters. The molecule has 0 aromatic carbocycles. The van der Waals surface area contributed by atoms with E-state index in [4.69, 9.17) is 4.98 Å². The van der Waals surface area contributed by atoms with E-state index in [1.807, 2.05) is 0 Å². The highest BCUT2D eigenvalue weighted by molar-refractivity contribution is 5.45. The van der Waals surface area contributed by atoms with Crippen LogP contribution in [0.1, 0.15) is 29.9 Å². The fourth-order valence-corrected chi connectivity index (χ4v) is 2.83. The first kappa shape index (κ1) is 10.8. The molecule has 0 bridgehead atoms. The van der Waals surface area contributed by atoms with Crippen molar-refractivity contribution in [2.24, 2.45) is 0 Å². The van der Waals surface area contributed by atoms with E-state index in [9.17, 15) is 0 Å². The summed E-state index contributed by atoms with van der Waals surface area (Å²) in [5.41, 5.74) is 4.89. The average Bonchev–Trinajstić information content (AvgIpc) is 2.90. The van der Waals surface area contributed by atoms with Gasteiger partial charge in [-0.15, -0.1) is 0 Å². The largest absolute Gasteiger partial charge is 0.314 e. The summed E-state index contributed by atoms with van der Waals surface area (Å²) in [5.74, 6) is 0. The molecule has 17 heavy (non-hydrogen) atoms. The van der Waals surface area contributed by atoms with E-state index in [2.05, 4.69) is 41.8 Å². The van der Waals surface area contributed by atoms with Crippen molar-refractivity contribution in [3.63, 3.8) is 0 Å². The molecular formula is C14H19N3. The van der Waals surface area contributed by atoms with Gasteiger partial charge in [-0.05, 0) is 45.4 Å². The van der Waals surface area contributed by atoms with Gasteiger partial charge in [-0.1, -0.05) is 6.07 Å². The second-order valence-corrected chi connectivity index (χ2v) is 5.00. The van der Waals surface area contributed by atoms with Crippen LogP contribution in [0.15, 0.2) is 18.2 Å². The first-order chi connectivity index (χ1) is 8.25. The maximum atomic E-state index is 4.76. The first-order valence-electron chi connectivity index (χ1n) is 6.42. The van der Waals surface area contributed by atoms with Gasteiger partial charge >= 0.3 is 0 Å². The molecule has 1 saturated heterocycles. The monoisotopic (exact) mass is 229 g/mol. The molecule has 1 aliphatic heterocycles. The predicted octanol–water partition coefficient (Wildman–Crippen LogP) is 2.25. The molecule has 3 nitrogen and oxygen atoms in total. The zero-order valence-electron chi connectivity index (χ0n) is 10.5. The van der Waals surface area contributed by atoms with Crippen molar-refractivity contribution < 1.29 is 0 Å². The SMILES string of the molecule is Cc1cccc2nc(CC3CCCN3)c(C)n12. The summed E-state index contributed by atoms with van der Waals surface area (Å²) in [7, 11) is 0. The topological polar surface area (TPSA) is 29.3 Å². The van der Waals surface area contributed by atoms with E-state index in [0.717, 1.165) is 18.6 Å². The number of pyridine rings is 1. The number of hydrogen-bond acceptors (Lipinski definition) is 2. The van der Waals surface area contributed by atoms with Crippen molar-refractivity contribution in [2.75, 3.05) is 6.54 Å². The minimum atomic E-state index is 0.624. The molecule has 0 amide bonds. The maximum absolute atomic E-state index is 4.76. The predicted molar refractivity (Wildman–Crippen MR) is 69.4 cm³/mol. The Bertz CT molecular complexity index is 536. The van der Waals surface area contributed by atoms with Gasteiger partial charge in [-0.3, -0.25) is 0 Å². The highest BCUT2D eigenvalue weighted by Crippen LogP contribution is 2.18. The van der Waals surface area contributed by atoms with Crippen LogP contribution < -0.4 is 5.32 Å². The van der Waals surface area contributed by atoms with Gasteiger partial charge in [-0.25, -0.2) is 4.98 Å². The fourth-order valence-electron chi connectivity index (χ4n) is 2.83. The molecule has 0 aliphatic carbocycles. The average molecular weight is 229 g/mol. The number of rotatable bonds is 2. The summed E-state index contributed by atoms with van der Waals surface area (Å²) in [6, 6.07) is 6.93. The Morgan fingerprint density at radius 1 is 1.41 bits per heavy atom. The van der Waals surface area contributed by atoms with E-state index >= 15 is 0 Å². The van der Waals surface area contributed by atoms with Crippen LogP contribution in [-0.4, -0.2) is 22.0 Å². The fraction of sp³-hybridized carbons (Fsp3) is 0.500. The molecule has 1 aliphatic rings. The molecule has 0 saturated carbocycles. The molecule has 3 rings (SSSR count). The molecule has 90 valence electrons. The van der Waals surface area contributed by atoms with E-state index in [0.29, 0.717) is 6.04 Å². The third-order valence-corrected chi connectivity index (χ3v) is 3.77. The second kappa shape index (κ2) is 4.15. The van der Waals surface area contributed by atoms with Gasteiger partial charge in [0.1, 0.15) is 5.65 Å². The molecular weight excluding hydrogens is 210 g/mol. The van der Waals surface area contributed by atoms with Crippen molar-refractivity contribution in [2.45, 2.75) is 39.2 Å². The molecule has 0 spiro atoms. The van der Waals surface area contributed by atoms with E-state index < -0.39 is 0 Å². The zero-order chi connectivity index (χ0) is 11.8. The van der Waals surface area contributed by atoms with Crippen LogP contribution in [0.5, 0.6) is 0 Å². The number of fused-ring (bicyclic) bond motifs is 1. The van der Waals surface area contributed by atoms with E-state index in [1.54, 1.807) is 0 Å². The van der Waals surface area contributed by atoms with E-state index in [-0.39, 0.29) is 0 Å². The van der Waals surface area contributed by atoms with Crippen LogP contribution in [-0.2, 0) is 6.42 Å². The Hall–Kier alpha value is -1.35. The molecule has 1 unspecified atom stereocenters. The van der Waals surface area contributed by atoms with Crippen molar-refractivity contribution in [1.82, 2.24) is 14.7 Å². The Kier molecular flexibility index (Phi) is 2.63. The number of imidazole rings is 1. The normalized spacial score (nSPS) is 20.2. The summed E-state index contributed by atoms with van der Waals surface area (Å²) in [4.78, 5) is 4.76. The quantitative estimate of drug-likeness (QED) is 0.855. The number of nitrogens with zero attached hydrogens (tertiary/aromatic N) is 2. The van der Waals surface area contributed by atoms with Gasteiger partial charge < -0.3 is 9.72 Å². The van der Waals surface area contributed by atoms with Crippen molar-refractivity contribution in [3.8, 4) is 0 Å². The van der Waals surface area contributed by atoms with Gasteiger partial charge in [-0.2, -0.15) is 0 Å². The third-order valence-electron chi connectivity index (χ3n) is 3.77. The summed E-state index contributed by atoms with van der Waals surface area (Å²) in [5, 5.41) is 3.54. The molecule has 3 heterocycles. The highest BCUT2D eigenvalue weighted by atomic mass is 15.0. The first-order valence-corrected chi connectivity index (χ1v) is 6.42. The van der Waals surface area contributed by atoms with Crippen LogP contribution >= 0.6 is 0 Å². The molecule has 1 N–H and O–H groups in total. The molecule has 2 aromatic rings. The summed E-state index contributed by atoms with van der Waals surface area (Å²) < 4.78 is 2.25. The van der Waals surface area contributed by atoms with Gasteiger partial charge in [0.05, 0.1) is 5.69 Å². The molecule has 0 radical (unpaired) electrons. The minimum absolute atomic E-state index is 0.624. The molecule has 1 fully saturated rings. The van der Waals surface area contributed by atoms with Gasteiger partial charge in [0.15, 0.2) is 0 Å². The lowest BCUT2D eigenvalue weighted by atomic mass is 10.1. The maximum Gasteiger partial charge on any atom is 0.137 e. The van der Waals surface area contributed by atoms with Crippen LogP contribution in [0.25, 0.3) is 5.65 Å². The molecule has 2 aromatic heterocycles. The van der Waals surface area contributed by atoms with Gasteiger partial charge in [0.2, 0.25) is 0 Å². The lowest BCUT2D eigenvalue weighted by Gasteiger charge is -2.08. The lowest BCUT2D eigenvalue weighted by Crippen LogP contribution is -2.24. The number of aromatic nitrogens is 2. The van der Waals surface area contributed by atoms with Crippen LogP contribution in [0.3, 0.4) is 0 Å². The lowest BCUT2D eigenvalue weighted by molar-refractivity contribution is 0.595. The third kappa shape index (κ3) is 1.84. The zero-order valence-corrected chi connectivity index (χ0v) is 10.5. The van der Waals surface area contributed by atoms with Gasteiger partial charge in [0.25, 0.3) is 0 Å². The molecule has 3 heteroatoms. The van der Waals surface area contributed by atoms with Crippen LogP contribution in [0, 0.1) is 13.8 Å². The van der Waals surface area contributed by atoms with E-state index in [1.165, 1.54) is 29.9 Å². The Morgan fingerprint density at radius 2 is 2.29 bits per heavy atom.